The van der Waals surface area contributed by atoms with Gasteiger partial charge in [0, 0.05) is 5.75 Å². The summed E-state index contributed by atoms with van der Waals surface area (Å²) in [5.41, 5.74) is 1.68. The van der Waals surface area contributed by atoms with E-state index in [1.807, 2.05) is 48.2 Å². The molecule has 0 aliphatic carbocycles. The van der Waals surface area contributed by atoms with Crippen LogP contribution in [-0.4, -0.2) is 24.9 Å². The van der Waals surface area contributed by atoms with Gasteiger partial charge < -0.3 is 14.2 Å². The first-order valence-corrected chi connectivity index (χ1v) is 16.4. The average Bonchev–Trinajstić information content (AvgIpc) is 2.97. The summed E-state index contributed by atoms with van der Waals surface area (Å²) in [7, 11) is 0. The second-order valence-electron chi connectivity index (χ2n) is 11.1. The van der Waals surface area contributed by atoms with Crippen molar-refractivity contribution in [2.24, 2.45) is 11.8 Å². The zero-order valence-electron chi connectivity index (χ0n) is 24.5. The molecule has 0 saturated carbocycles. The van der Waals surface area contributed by atoms with E-state index in [2.05, 4.69) is 20.8 Å². The van der Waals surface area contributed by atoms with E-state index < -0.39 is 0 Å². The monoisotopic (exact) mass is 554 g/mol. The van der Waals surface area contributed by atoms with Crippen LogP contribution < -0.4 is 9.47 Å². The molecule has 0 amide bonds. The molecule has 3 unspecified atom stereocenters. The lowest BCUT2D eigenvalue weighted by atomic mass is 9.96. The highest BCUT2D eigenvalue weighted by molar-refractivity contribution is 7.99. The molecule has 0 aromatic heterocycles. The Morgan fingerprint density at radius 2 is 1.49 bits per heavy atom. The highest BCUT2D eigenvalue weighted by Gasteiger charge is 2.24. The third-order valence-corrected chi connectivity index (χ3v) is 8.99. The maximum absolute atomic E-state index is 12.7. The molecule has 1 aliphatic heterocycles. The van der Waals surface area contributed by atoms with E-state index in [1.54, 1.807) is 12.1 Å². The maximum atomic E-state index is 12.7. The van der Waals surface area contributed by atoms with Crippen molar-refractivity contribution in [1.82, 2.24) is 0 Å². The van der Waals surface area contributed by atoms with Crippen molar-refractivity contribution in [2.45, 2.75) is 103 Å². The molecule has 3 rings (SSSR count). The molecular weight excluding hydrogens is 504 g/mol. The molecule has 216 valence electrons. The summed E-state index contributed by atoms with van der Waals surface area (Å²) < 4.78 is 17.6. The Bertz CT molecular complexity index is 919. The third-order valence-electron chi connectivity index (χ3n) is 7.62. The molecular formula is C34H50O4S. The maximum Gasteiger partial charge on any atom is 0.343 e. The molecule has 1 fully saturated rings. The first-order valence-electron chi connectivity index (χ1n) is 15.4. The van der Waals surface area contributed by atoms with Gasteiger partial charge in [-0.15, -0.1) is 11.8 Å². The van der Waals surface area contributed by atoms with Gasteiger partial charge in [-0.1, -0.05) is 97.1 Å². The fourth-order valence-electron chi connectivity index (χ4n) is 4.93. The van der Waals surface area contributed by atoms with Gasteiger partial charge in [0.1, 0.15) is 16.9 Å². The molecule has 4 nitrogen and oxygen atoms in total. The van der Waals surface area contributed by atoms with E-state index in [1.165, 1.54) is 70.6 Å². The predicted molar refractivity (Wildman–Crippen MR) is 164 cm³/mol. The molecule has 1 heterocycles. The third kappa shape index (κ3) is 12.0. The smallest absolute Gasteiger partial charge is 0.343 e. The van der Waals surface area contributed by atoms with Crippen molar-refractivity contribution in [3.05, 3.63) is 59.7 Å². The van der Waals surface area contributed by atoms with Crippen LogP contribution in [-0.2, 0) is 4.74 Å². The van der Waals surface area contributed by atoms with Gasteiger partial charge in [-0.3, -0.25) is 0 Å². The number of carbonyl (C=O) groups excluding carboxylic acids is 1. The highest BCUT2D eigenvalue weighted by atomic mass is 32.2. The topological polar surface area (TPSA) is 44.8 Å². The number of hydrogen-bond acceptors (Lipinski definition) is 5. The molecule has 39 heavy (non-hydrogen) atoms. The molecule has 5 heteroatoms. The normalized spacial score (nSPS) is 18.0. The Kier molecular flexibility index (Phi) is 14.9. The lowest BCUT2D eigenvalue weighted by Crippen LogP contribution is -2.22. The first kappa shape index (κ1) is 31.5. The van der Waals surface area contributed by atoms with Gasteiger partial charge in [-0.2, -0.15) is 0 Å². The largest absolute Gasteiger partial charge is 0.494 e. The number of ether oxygens (including phenoxy) is 3. The fraction of sp³-hybridized carbons (Fsp3) is 0.618. The van der Waals surface area contributed by atoms with Gasteiger partial charge in [0.15, 0.2) is 0 Å². The van der Waals surface area contributed by atoms with Gasteiger partial charge in [0.05, 0.1) is 18.8 Å². The average molecular weight is 555 g/mol. The highest BCUT2D eigenvalue weighted by Crippen LogP contribution is 2.38. The van der Waals surface area contributed by atoms with E-state index in [0.29, 0.717) is 17.2 Å². The van der Waals surface area contributed by atoms with Gasteiger partial charge >= 0.3 is 5.97 Å². The minimum absolute atomic E-state index is 0.0381. The summed E-state index contributed by atoms with van der Waals surface area (Å²) in [6.07, 6.45) is 15.6. The Morgan fingerprint density at radius 3 is 2.08 bits per heavy atom. The van der Waals surface area contributed by atoms with Gasteiger partial charge in [0.2, 0.25) is 0 Å². The first-order chi connectivity index (χ1) is 19.1. The second kappa shape index (κ2) is 18.4. The summed E-state index contributed by atoms with van der Waals surface area (Å²) in [6.45, 7) is 8.37. The molecule has 0 spiro atoms. The Morgan fingerprint density at radius 1 is 0.872 bits per heavy atom. The van der Waals surface area contributed by atoms with E-state index in [-0.39, 0.29) is 11.4 Å². The van der Waals surface area contributed by atoms with E-state index >= 15 is 0 Å². The summed E-state index contributed by atoms with van der Waals surface area (Å²) in [5, 5.41) is 0. The number of esters is 1. The van der Waals surface area contributed by atoms with Crippen LogP contribution in [0.15, 0.2) is 48.5 Å². The summed E-state index contributed by atoms with van der Waals surface area (Å²) in [6, 6.07) is 14.9. The summed E-state index contributed by atoms with van der Waals surface area (Å²) in [5.74, 6) is 3.48. The van der Waals surface area contributed by atoms with Crippen molar-refractivity contribution in [2.75, 3.05) is 19.0 Å². The SMILES string of the molecule is CCCCCCCCCCCCOc1ccc(OC(=O)c2ccc(C3OCC(CC(C)CC)CS3)cc2)cc1. The Labute approximate surface area is 241 Å². The molecule has 2 aromatic carbocycles. The van der Waals surface area contributed by atoms with Crippen LogP contribution >= 0.6 is 11.8 Å². The predicted octanol–water partition coefficient (Wildman–Crippen LogP) is 10.0. The van der Waals surface area contributed by atoms with Crippen molar-refractivity contribution in [3.8, 4) is 11.5 Å². The van der Waals surface area contributed by atoms with Crippen LogP contribution in [0.25, 0.3) is 0 Å². The lowest BCUT2D eigenvalue weighted by molar-refractivity contribution is 0.0689. The molecule has 2 aromatic rings. The molecule has 1 saturated heterocycles. The molecule has 0 bridgehead atoms. The van der Waals surface area contributed by atoms with Crippen molar-refractivity contribution >= 4 is 17.7 Å². The van der Waals surface area contributed by atoms with Crippen LogP contribution in [0.2, 0.25) is 0 Å². The van der Waals surface area contributed by atoms with Gasteiger partial charge in [0.25, 0.3) is 0 Å². The van der Waals surface area contributed by atoms with Crippen LogP contribution in [0.3, 0.4) is 0 Å². The second-order valence-corrected chi connectivity index (χ2v) is 12.2. The molecule has 0 radical (unpaired) electrons. The van der Waals surface area contributed by atoms with Crippen molar-refractivity contribution in [3.63, 3.8) is 0 Å². The van der Waals surface area contributed by atoms with Crippen molar-refractivity contribution < 1.29 is 19.0 Å². The Balaban J connectivity index is 1.31. The molecule has 0 N–H and O–H groups in total. The van der Waals surface area contributed by atoms with Crippen molar-refractivity contribution in [1.29, 1.82) is 0 Å². The minimum atomic E-state index is -0.355. The Hall–Kier alpha value is -1.98. The van der Waals surface area contributed by atoms with E-state index in [0.717, 1.165) is 42.6 Å². The molecule has 3 atom stereocenters. The quantitative estimate of drug-likeness (QED) is 0.104. The number of thioether (sulfide) groups is 1. The van der Waals surface area contributed by atoms with E-state index in [4.69, 9.17) is 14.2 Å². The minimum Gasteiger partial charge on any atom is -0.494 e. The summed E-state index contributed by atoms with van der Waals surface area (Å²) in [4.78, 5) is 12.7. The number of benzene rings is 2. The van der Waals surface area contributed by atoms with Crippen LogP contribution in [0.4, 0.5) is 0 Å². The number of unbranched alkanes of at least 4 members (excludes halogenated alkanes) is 9. The van der Waals surface area contributed by atoms with Gasteiger partial charge in [-0.05, 0) is 66.6 Å². The van der Waals surface area contributed by atoms with Crippen LogP contribution in [0.5, 0.6) is 11.5 Å². The number of hydrogen-bond donors (Lipinski definition) is 0. The number of rotatable bonds is 18. The van der Waals surface area contributed by atoms with E-state index in [9.17, 15) is 4.79 Å². The lowest BCUT2D eigenvalue weighted by Gasteiger charge is -2.30. The van der Waals surface area contributed by atoms with Crippen LogP contribution in [0.1, 0.15) is 119 Å². The summed E-state index contributed by atoms with van der Waals surface area (Å²) >= 11 is 1.86. The molecule has 1 aliphatic rings. The fourth-order valence-corrected chi connectivity index (χ4v) is 6.14. The van der Waals surface area contributed by atoms with Gasteiger partial charge in [-0.25, -0.2) is 4.79 Å². The zero-order chi connectivity index (χ0) is 27.7. The number of carbonyl (C=O) groups is 1. The zero-order valence-corrected chi connectivity index (χ0v) is 25.3. The van der Waals surface area contributed by atoms with Crippen LogP contribution in [0, 0.1) is 11.8 Å². The standard InChI is InChI=1S/C34H50O4S/c1-4-6-7-8-9-10-11-12-13-14-23-36-31-19-21-32(22-20-31)38-33(35)29-15-17-30(18-16-29)34-37-25-28(26-39-34)24-27(3)5-2/h15-22,27-28,34H,4-14,23-26H2,1-3H3.